The summed E-state index contributed by atoms with van der Waals surface area (Å²) in [6, 6.07) is 31.0. The number of aryl methyl sites for hydroxylation is 1. The molecule has 4 aromatic rings. The fraction of sp³-hybridized carbons (Fsp3) is 0.235. The van der Waals surface area contributed by atoms with E-state index in [-0.39, 0.29) is 30.9 Å². The molecule has 4 aromatic carbocycles. The van der Waals surface area contributed by atoms with E-state index in [1.807, 2.05) is 91.0 Å². The van der Waals surface area contributed by atoms with Gasteiger partial charge in [0.15, 0.2) is 0 Å². The van der Waals surface area contributed by atoms with Crippen LogP contribution in [0, 0.1) is 10.1 Å². The van der Waals surface area contributed by atoms with Gasteiger partial charge in [-0.3, -0.25) is 14.9 Å². The van der Waals surface area contributed by atoms with Crippen LogP contribution in [-0.2, 0) is 39.1 Å². The summed E-state index contributed by atoms with van der Waals surface area (Å²) in [5, 5.41) is 16.5. The predicted molar refractivity (Wildman–Crippen MR) is 173 cm³/mol. The van der Waals surface area contributed by atoms with E-state index in [2.05, 4.69) is 10.6 Å². The number of hydrogen-bond acceptors (Lipinski definition) is 8. The second-order valence-corrected chi connectivity index (χ2v) is 12.3. The number of ether oxygens (including phenoxy) is 1. The number of hydrogen-bond donors (Lipinski definition) is 2. The number of carbonyl (C=O) groups is 2. The third kappa shape index (κ3) is 11.4. The van der Waals surface area contributed by atoms with E-state index in [1.165, 1.54) is 12.1 Å². The van der Waals surface area contributed by atoms with Crippen LogP contribution in [0.1, 0.15) is 29.5 Å². The number of nitrogens with one attached hydrogen (secondary N) is 2. The Kier molecular flexibility index (Phi) is 12.2. The molecule has 0 fully saturated rings. The van der Waals surface area contributed by atoms with Crippen molar-refractivity contribution in [1.29, 1.82) is 0 Å². The lowest BCUT2D eigenvalue weighted by atomic mass is 10.0. The van der Waals surface area contributed by atoms with Crippen molar-refractivity contribution in [1.82, 2.24) is 10.6 Å². The summed E-state index contributed by atoms with van der Waals surface area (Å²) in [6.07, 6.45) is 0.411. The smallest absolute Gasteiger partial charge is 0.408 e. The van der Waals surface area contributed by atoms with Gasteiger partial charge in [-0.2, -0.15) is 8.42 Å². The molecule has 4 rings (SSSR count). The van der Waals surface area contributed by atoms with Crippen molar-refractivity contribution >= 4 is 27.8 Å². The van der Waals surface area contributed by atoms with E-state index in [4.69, 9.17) is 8.92 Å². The molecule has 0 aliphatic carbocycles. The Bertz CT molecular complexity index is 1670. The molecule has 0 bridgehead atoms. The van der Waals surface area contributed by atoms with E-state index in [9.17, 15) is 28.1 Å². The first-order chi connectivity index (χ1) is 22.2. The van der Waals surface area contributed by atoms with Crippen molar-refractivity contribution in [2.45, 2.75) is 44.4 Å². The second-order valence-electron chi connectivity index (χ2n) is 10.6. The summed E-state index contributed by atoms with van der Waals surface area (Å²) in [7, 11) is -4.11. The fourth-order valence-electron chi connectivity index (χ4n) is 4.64. The van der Waals surface area contributed by atoms with E-state index in [1.54, 1.807) is 0 Å². The van der Waals surface area contributed by atoms with Gasteiger partial charge in [-0.05, 0) is 48.1 Å². The number of non-ortho nitro benzene ring substituents is 1. The summed E-state index contributed by atoms with van der Waals surface area (Å²) in [5.41, 5.74) is 2.41. The minimum atomic E-state index is -4.11. The first kappa shape index (κ1) is 33.7. The highest BCUT2D eigenvalue weighted by Crippen LogP contribution is 2.20. The number of nitro benzene ring substituents is 1. The minimum absolute atomic E-state index is 0.0183. The molecular weight excluding hydrogens is 610 g/mol. The van der Waals surface area contributed by atoms with Gasteiger partial charge in [0, 0.05) is 24.6 Å². The van der Waals surface area contributed by atoms with Crippen LogP contribution in [0.15, 0.2) is 115 Å². The quantitative estimate of drug-likeness (QED) is 0.0940. The highest BCUT2D eigenvalue weighted by molar-refractivity contribution is 7.87. The largest absolute Gasteiger partial charge is 0.445 e. The van der Waals surface area contributed by atoms with E-state index in [0.29, 0.717) is 12.8 Å². The normalized spacial score (nSPS) is 12.3. The Labute approximate surface area is 267 Å². The van der Waals surface area contributed by atoms with Crippen LogP contribution >= 0.6 is 0 Å². The summed E-state index contributed by atoms with van der Waals surface area (Å²) < 4.78 is 36.2. The number of amides is 2. The van der Waals surface area contributed by atoms with Gasteiger partial charge in [0.25, 0.3) is 5.69 Å². The Morgan fingerprint density at radius 1 is 0.739 bits per heavy atom. The lowest BCUT2D eigenvalue weighted by Gasteiger charge is -2.24. The van der Waals surface area contributed by atoms with Gasteiger partial charge in [-0.25, -0.2) is 4.79 Å². The number of nitro groups is 1. The predicted octanol–water partition coefficient (Wildman–Crippen LogP) is 5.35. The molecule has 2 N–H and O–H groups in total. The minimum Gasteiger partial charge on any atom is -0.445 e. The molecule has 2 unspecified atom stereocenters. The van der Waals surface area contributed by atoms with Gasteiger partial charge in [0.2, 0.25) is 5.91 Å². The molecule has 12 heteroatoms. The SMILES string of the molecule is O=C(NC(Cc1ccccc1)C(=O)NC(CCc1ccccc1)CCS(=O)(=O)Oc1ccc([N+](=O)[O-])cc1)OCc1ccccc1. The van der Waals surface area contributed by atoms with Gasteiger partial charge in [0.1, 0.15) is 18.4 Å². The third-order valence-electron chi connectivity index (χ3n) is 7.06. The number of rotatable bonds is 16. The second kappa shape index (κ2) is 16.7. The molecular formula is C34H35N3O8S. The summed E-state index contributed by atoms with van der Waals surface area (Å²) >= 11 is 0. The molecule has 0 saturated carbocycles. The van der Waals surface area contributed by atoms with Gasteiger partial charge < -0.3 is 19.6 Å². The van der Waals surface area contributed by atoms with Crippen LogP contribution in [0.2, 0.25) is 0 Å². The molecule has 0 radical (unpaired) electrons. The Morgan fingerprint density at radius 3 is 1.89 bits per heavy atom. The average Bonchev–Trinajstić information content (AvgIpc) is 3.06. The molecule has 0 aliphatic heterocycles. The first-order valence-corrected chi connectivity index (χ1v) is 16.3. The van der Waals surface area contributed by atoms with Crippen molar-refractivity contribution in [2.75, 3.05) is 5.75 Å². The molecule has 0 aromatic heterocycles. The number of alkyl carbamates (subject to hydrolysis) is 1. The van der Waals surface area contributed by atoms with Crippen molar-refractivity contribution < 1.29 is 31.9 Å². The molecule has 46 heavy (non-hydrogen) atoms. The van der Waals surface area contributed by atoms with Crippen LogP contribution in [0.3, 0.4) is 0 Å². The Morgan fingerprint density at radius 2 is 1.30 bits per heavy atom. The lowest BCUT2D eigenvalue weighted by molar-refractivity contribution is -0.384. The molecule has 0 saturated heterocycles. The van der Waals surface area contributed by atoms with Crippen LogP contribution in [0.5, 0.6) is 5.75 Å². The first-order valence-electron chi connectivity index (χ1n) is 14.7. The molecule has 0 heterocycles. The molecule has 2 atom stereocenters. The number of carbonyl (C=O) groups excluding carboxylic acids is 2. The fourth-order valence-corrected chi connectivity index (χ4v) is 5.70. The van der Waals surface area contributed by atoms with Crippen LogP contribution < -0.4 is 14.8 Å². The summed E-state index contributed by atoms with van der Waals surface area (Å²) in [6.45, 7) is 0.0265. The molecule has 240 valence electrons. The molecule has 11 nitrogen and oxygen atoms in total. The van der Waals surface area contributed by atoms with Gasteiger partial charge in [-0.1, -0.05) is 91.0 Å². The molecule has 0 aliphatic rings. The highest BCUT2D eigenvalue weighted by atomic mass is 32.2. The van der Waals surface area contributed by atoms with Crippen molar-refractivity contribution in [3.8, 4) is 5.75 Å². The van der Waals surface area contributed by atoms with Crippen LogP contribution in [-0.4, -0.2) is 43.2 Å². The van der Waals surface area contributed by atoms with Gasteiger partial charge >= 0.3 is 16.2 Å². The van der Waals surface area contributed by atoms with Crippen LogP contribution in [0.4, 0.5) is 10.5 Å². The maximum absolute atomic E-state index is 13.7. The van der Waals surface area contributed by atoms with Crippen molar-refractivity contribution in [2.24, 2.45) is 0 Å². The average molecular weight is 646 g/mol. The van der Waals surface area contributed by atoms with E-state index in [0.717, 1.165) is 28.8 Å². The molecule has 2 amide bonds. The standard InChI is InChI=1S/C34H35N3O8S/c38-33(32(24-27-12-6-2-7-13-27)36-34(39)44-25-28-14-8-3-9-15-28)35-29(17-16-26-10-4-1-5-11-26)22-23-46(42,43)45-31-20-18-30(19-21-31)37(40)41/h1-15,18-21,29,32H,16-17,22-25H2,(H,35,38)(H,36,39). The zero-order chi connectivity index (χ0) is 32.8. The number of benzene rings is 4. The van der Waals surface area contributed by atoms with E-state index >= 15 is 0 Å². The number of nitrogens with zero attached hydrogens (tertiary/aromatic N) is 1. The van der Waals surface area contributed by atoms with Crippen LogP contribution in [0.25, 0.3) is 0 Å². The van der Waals surface area contributed by atoms with Crippen molar-refractivity contribution in [3.05, 3.63) is 142 Å². The summed E-state index contributed by atoms with van der Waals surface area (Å²) in [5.74, 6) is -0.983. The van der Waals surface area contributed by atoms with Crippen molar-refractivity contribution in [3.63, 3.8) is 0 Å². The Balaban J connectivity index is 1.45. The highest BCUT2D eigenvalue weighted by Gasteiger charge is 2.26. The Hall–Kier alpha value is -5.23. The third-order valence-corrected chi connectivity index (χ3v) is 8.24. The zero-order valence-electron chi connectivity index (χ0n) is 25.0. The summed E-state index contributed by atoms with van der Waals surface area (Å²) in [4.78, 5) is 36.7. The van der Waals surface area contributed by atoms with Gasteiger partial charge in [-0.15, -0.1) is 0 Å². The lowest BCUT2D eigenvalue weighted by Crippen LogP contribution is -2.51. The zero-order valence-corrected chi connectivity index (χ0v) is 25.8. The maximum atomic E-state index is 13.7. The molecule has 0 spiro atoms. The maximum Gasteiger partial charge on any atom is 0.408 e. The van der Waals surface area contributed by atoms with E-state index < -0.39 is 44.9 Å². The topological polar surface area (TPSA) is 154 Å². The monoisotopic (exact) mass is 645 g/mol. The van der Waals surface area contributed by atoms with Gasteiger partial charge in [0.05, 0.1) is 10.7 Å².